The number of nitrogen functional groups attached to an aromatic ring is 1. The molecule has 0 saturated heterocycles. The van der Waals surface area contributed by atoms with Gasteiger partial charge in [-0.25, -0.2) is 9.97 Å². The molecule has 2 aromatic rings. The number of nitrogens with two attached hydrogens (primary N) is 2. The highest BCUT2D eigenvalue weighted by molar-refractivity contribution is 5.77. The Hall–Kier alpha value is -2.18. The number of anilines is 1. The van der Waals surface area contributed by atoms with E-state index in [1.165, 1.54) is 11.1 Å². The summed E-state index contributed by atoms with van der Waals surface area (Å²) in [5, 5.41) is 9.65. The first-order valence-electron chi connectivity index (χ1n) is 11.1. The topological polar surface area (TPSA) is 107 Å². The molecule has 6 nitrogen and oxygen atoms in total. The number of ether oxygens (including phenoxy) is 1. The van der Waals surface area contributed by atoms with Crippen molar-refractivity contribution < 1.29 is 9.84 Å². The summed E-state index contributed by atoms with van der Waals surface area (Å²) in [6.45, 7) is 6.72. The standard InChI is InChI=1S/C24H34N4O2/c1-14(10-11-29)20-18-12-24(2,3)21-22(27-13-28-23(21)26)17(18)8-9-19(20)30-16-6-4-15(25)5-7-16/h8-9,13-16,29H,4-7,10-12,25H2,1-3H3,(H2,26,27,28)/t14?,15-,16-. The maximum Gasteiger partial charge on any atom is 0.131 e. The van der Waals surface area contributed by atoms with Crippen molar-refractivity contribution in [1.29, 1.82) is 0 Å². The summed E-state index contributed by atoms with van der Waals surface area (Å²) >= 11 is 0. The first kappa shape index (κ1) is 21.1. The molecule has 1 aromatic heterocycles. The van der Waals surface area contributed by atoms with Crippen LogP contribution in [0.15, 0.2) is 18.5 Å². The van der Waals surface area contributed by atoms with Gasteiger partial charge in [-0.05, 0) is 67.6 Å². The molecular formula is C24H34N4O2. The van der Waals surface area contributed by atoms with Crippen LogP contribution in [0.25, 0.3) is 11.3 Å². The van der Waals surface area contributed by atoms with Gasteiger partial charge in [-0.2, -0.15) is 0 Å². The highest BCUT2D eigenvalue weighted by atomic mass is 16.5. The van der Waals surface area contributed by atoms with Gasteiger partial charge in [0.2, 0.25) is 0 Å². The molecule has 0 spiro atoms. The monoisotopic (exact) mass is 410 g/mol. The summed E-state index contributed by atoms with van der Waals surface area (Å²) in [6, 6.07) is 4.50. The zero-order valence-electron chi connectivity index (χ0n) is 18.3. The molecule has 4 rings (SSSR count). The summed E-state index contributed by atoms with van der Waals surface area (Å²) < 4.78 is 6.55. The van der Waals surface area contributed by atoms with E-state index in [1.54, 1.807) is 6.33 Å². The predicted molar refractivity (Wildman–Crippen MR) is 120 cm³/mol. The fourth-order valence-corrected chi connectivity index (χ4v) is 5.22. The van der Waals surface area contributed by atoms with Crippen molar-refractivity contribution in [1.82, 2.24) is 9.97 Å². The van der Waals surface area contributed by atoms with Crippen LogP contribution < -0.4 is 16.2 Å². The van der Waals surface area contributed by atoms with Crippen molar-refractivity contribution in [2.45, 2.75) is 82.8 Å². The van der Waals surface area contributed by atoms with E-state index in [2.05, 4.69) is 42.9 Å². The molecule has 162 valence electrons. The van der Waals surface area contributed by atoms with Crippen molar-refractivity contribution in [3.8, 4) is 17.0 Å². The molecule has 0 aliphatic heterocycles. The first-order valence-corrected chi connectivity index (χ1v) is 11.1. The van der Waals surface area contributed by atoms with Crippen LogP contribution in [0, 0.1) is 0 Å². The van der Waals surface area contributed by atoms with Gasteiger partial charge in [0.15, 0.2) is 0 Å². The fourth-order valence-electron chi connectivity index (χ4n) is 5.22. The average Bonchev–Trinajstić information content (AvgIpc) is 2.69. The Morgan fingerprint density at radius 2 is 1.93 bits per heavy atom. The Morgan fingerprint density at radius 3 is 2.63 bits per heavy atom. The third-order valence-corrected chi connectivity index (χ3v) is 6.81. The Labute approximate surface area is 179 Å². The molecule has 0 radical (unpaired) electrons. The van der Waals surface area contributed by atoms with E-state index in [4.69, 9.17) is 16.2 Å². The number of aliphatic hydroxyl groups excluding tert-OH is 1. The number of benzene rings is 1. The molecule has 1 atom stereocenters. The minimum absolute atomic E-state index is 0.150. The van der Waals surface area contributed by atoms with Crippen LogP contribution in [-0.2, 0) is 11.8 Å². The molecule has 1 unspecified atom stereocenters. The van der Waals surface area contributed by atoms with Crippen molar-refractivity contribution in [2.24, 2.45) is 5.73 Å². The van der Waals surface area contributed by atoms with Crippen LogP contribution in [0.4, 0.5) is 5.82 Å². The Morgan fingerprint density at radius 1 is 1.20 bits per heavy atom. The molecule has 1 aromatic carbocycles. The highest BCUT2D eigenvalue weighted by Crippen LogP contribution is 2.48. The molecule has 1 fully saturated rings. The van der Waals surface area contributed by atoms with E-state index in [0.29, 0.717) is 18.3 Å². The lowest BCUT2D eigenvalue weighted by molar-refractivity contribution is 0.144. The molecule has 2 aliphatic carbocycles. The van der Waals surface area contributed by atoms with E-state index in [-0.39, 0.29) is 24.0 Å². The summed E-state index contributed by atoms with van der Waals surface area (Å²) in [4.78, 5) is 8.87. The minimum Gasteiger partial charge on any atom is -0.490 e. The van der Waals surface area contributed by atoms with Crippen molar-refractivity contribution in [2.75, 3.05) is 12.3 Å². The first-order chi connectivity index (χ1) is 14.3. The highest BCUT2D eigenvalue weighted by Gasteiger charge is 2.37. The number of hydrogen-bond donors (Lipinski definition) is 3. The van der Waals surface area contributed by atoms with E-state index in [9.17, 15) is 5.11 Å². The van der Waals surface area contributed by atoms with Crippen molar-refractivity contribution >= 4 is 5.82 Å². The molecule has 30 heavy (non-hydrogen) atoms. The van der Waals surface area contributed by atoms with Crippen LogP contribution in [0.5, 0.6) is 5.75 Å². The van der Waals surface area contributed by atoms with Gasteiger partial charge in [0.1, 0.15) is 17.9 Å². The van der Waals surface area contributed by atoms with Crippen LogP contribution in [-0.4, -0.2) is 33.8 Å². The largest absolute Gasteiger partial charge is 0.490 e. The summed E-state index contributed by atoms with van der Waals surface area (Å²) in [7, 11) is 0. The van der Waals surface area contributed by atoms with E-state index in [1.807, 2.05) is 0 Å². The number of fused-ring (bicyclic) bond motifs is 3. The fraction of sp³-hybridized carbons (Fsp3) is 0.583. The molecule has 2 aliphatic rings. The number of hydrogen-bond acceptors (Lipinski definition) is 6. The van der Waals surface area contributed by atoms with Crippen molar-refractivity contribution in [3.63, 3.8) is 0 Å². The van der Waals surface area contributed by atoms with Gasteiger partial charge in [0, 0.05) is 29.3 Å². The van der Waals surface area contributed by atoms with Gasteiger partial charge in [-0.15, -0.1) is 0 Å². The summed E-state index contributed by atoms with van der Waals surface area (Å²) in [6.07, 6.45) is 7.28. The van der Waals surface area contributed by atoms with Crippen molar-refractivity contribution in [3.05, 3.63) is 35.2 Å². The van der Waals surface area contributed by atoms with Crippen LogP contribution in [0.2, 0.25) is 0 Å². The maximum absolute atomic E-state index is 9.65. The SMILES string of the molecule is CC(CCO)c1c(O[C@H]2CC[C@H](N)CC2)ccc2c1CC(C)(C)c1c(N)ncnc1-2. The number of nitrogens with zero attached hydrogens (tertiary/aromatic N) is 2. The quantitative estimate of drug-likeness (QED) is 0.694. The second kappa shape index (κ2) is 8.16. The lowest BCUT2D eigenvalue weighted by Crippen LogP contribution is -2.32. The Balaban J connectivity index is 1.81. The lowest BCUT2D eigenvalue weighted by Gasteiger charge is -2.37. The van der Waals surface area contributed by atoms with Gasteiger partial charge in [-0.3, -0.25) is 0 Å². The van der Waals surface area contributed by atoms with Gasteiger partial charge in [-0.1, -0.05) is 20.8 Å². The number of rotatable bonds is 5. The molecule has 0 bridgehead atoms. The van der Waals surface area contributed by atoms with E-state index < -0.39 is 0 Å². The van der Waals surface area contributed by atoms with Gasteiger partial charge >= 0.3 is 0 Å². The second-order valence-electron chi connectivity index (χ2n) is 9.61. The van der Waals surface area contributed by atoms with E-state index >= 15 is 0 Å². The van der Waals surface area contributed by atoms with Gasteiger partial charge in [0.25, 0.3) is 0 Å². The Bertz CT molecular complexity index is 920. The summed E-state index contributed by atoms with van der Waals surface area (Å²) in [5.74, 6) is 1.68. The zero-order valence-corrected chi connectivity index (χ0v) is 18.3. The van der Waals surface area contributed by atoms with E-state index in [0.717, 1.165) is 54.7 Å². The predicted octanol–water partition coefficient (Wildman–Crippen LogP) is 3.69. The van der Waals surface area contributed by atoms with Gasteiger partial charge < -0.3 is 21.3 Å². The molecule has 0 amide bonds. The maximum atomic E-state index is 9.65. The van der Waals surface area contributed by atoms with Crippen LogP contribution >= 0.6 is 0 Å². The van der Waals surface area contributed by atoms with Gasteiger partial charge in [0.05, 0.1) is 11.8 Å². The normalized spacial score (nSPS) is 23.4. The third-order valence-electron chi connectivity index (χ3n) is 6.81. The number of aromatic nitrogens is 2. The molecule has 6 heteroatoms. The average molecular weight is 411 g/mol. The molecule has 5 N–H and O–H groups in total. The molecular weight excluding hydrogens is 376 g/mol. The zero-order chi connectivity index (χ0) is 21.5. The molecule has 1 heterocycles. The van der Waals surface area contributed by atoms with Crippen LogP contribution in [0.1, 0.15) is 75.5 Å². The lowest BCUT2D eigenvalue weighted by atomic mass is 9.69. The molecule has 1 saturated carbocycles. The minimum atomic E-state index is -0.183. The third kappa shape index (κ3) is 3.79. The number of aliphatic hydroxyl groups is 1. The summed E-state index contributed by atoms with van der Waals surface area (Å²) in [5.41, 5.74) is 17.7. The Kier molecular flexibility index (Phi) is 5.73. The second-order valence-corrected chi connectivity index (χ2v) is 9.61. The van der Waals surface area contributed by atoms with Crippen LogP contribution in [0.3, 0.4) is 0 Å². The smallest absolute Gasteiger partial charge is 0.131 e.